The zero-order valence-electron chi connectivity index (χ0n) is 10.8. The summed E-state index contributed by atoms with van der Waals surface area (Å²) in [5.74, 6) is 0.00583. The van der Waals surface area contributed by atoms with Crippen molar-refractivity contribution in [2.45, 2.75) is 18.9 Å². The fourth-order valence-electron chi connectivity index (χ4n) is 2.08. The van der Waals surface area contributed by atoms with Crippen molar-refractivity contribution < 1.29 is 9.90 Å². The summed E-state index contributed by atoms with van der Waals surface area (Å²) >= 11 is 0. The first-order valence-corrected chi connectivity index (χ1v) is 6.13. The summed E-state index contributed by atoms with van der Waals surface area (Å²) in [4.78, 5) is 14.9. The third-order valence-electron chi connectivity index (χ3n) is 3.09. The highest BCUT2D eigenvalue weighted by molar-refractivity contribution is 5.67. The minimum Gasteiger partial charge on any atom is -0.481 e. The molecule has 1 atom stereocenters. The summed E-state index contributed by atoms with van der Waals surface area (Å²) in [6.07, 6.45) is 4.08. The molecule has 5 nitrogen and oxygen atoms in total. The van der Waals surface area contributed by atoms with Crippen molar-refractivity contribution in [3.63, 3.8) is 0 Å². The van der Waals surface area contributed by atoms with Gasteiger partial charge >= 0.3 is 5.97 Å². The lowest BCUT2D eigenvalue weighted by atomic mass is 9.97. The van der Waals surface area contributed by atoms with Crippen LogP contribution < -0.4 is 5.73 Å². The summed E-state index contributed by atoms with van der Waals surface area (Å²) in [5.41, 5.74) is 7.98. The van der Waals surface area contributed by atoms with Gasteiger partial charge in [0.05, 0.1) is 0 Å². The van der Waals surface area contributed by atoms with E-state index in [4.69, 9.17) is 10.8 Å². The molecule has 100 valence electrons. The molecule has 3 N–H and O–H groups in total. The lowest BCUT2D eigenvalue weighted by Gasteiger charge is -2.15. The largest absolute Gasteiger partial charge is 0.481 e. The molecule has 0 radical (unpaired) electrons. The lowest BCUT2D eigenvalue weighted by molar-refractivity contribution is -0.137. The first-order valence-electron chi connectivity index (χ1n) is 6.13. The summed E-state index contributed by atoms with van der Waals surface area (Å²) in [6, 6.07) is 7.42. The summed E-state index contributed by atoms with van der Waals surface area (Å²) in [5, 5.41) is 8.73. The van der Waals surface area contributed by atoms with Crippen LogP contribution in [0, 0.1) is 0 Å². The molecule has 2 aromatic rings. The van der Waals surface area contributed by atoms with Crippen molar-refractivity contribution in [1.82, 2.24) is 9.55 Å². The summed E-state index contributed by atoms with van der Waals surface area (Å²) in [7, 11) is 1.92. The molecule has 0 saturated heterocycles. The Bertz CT molecular complexity index is 578. The fourth-order valence-corrected chi connectivity index (χ4v) is 2.08. The molecule has 19 heavy (non-hydrogen) atoms. The number of benzene rings is 1. The Morgan fingerprint density at radius 3 is 2.84 bits per heavy atom. The second-order valence-electron chi connectivity index (χ2n) is 4.49. The van der Waals surface area contributed by atoms with Gasteiger partial charge in [-0.15, -0.1) is 0 Å². The first kappa shape index (κ1) is 13.3. The summed E-state index contributed by atoms with van der Waals surface area (Å²) in [6.45, 7) is 0. The molecule has 1 aromatic carbocycles. The van der Waals surface area contributed by atoms with Crippen LogP contribution in [-0.2, 0) is 11.8 Å². The number of aromatic nitrogens is 2. The normalized spacial score (nSPS) is 12.3. The van der Waals surface area contributed by atoms with Crippen LogP contribution in [0.4, 0.5) is 0 Å². The van der Waals surface area contributed by atoms with Crippen molar-refractivity contribution in [2.24, 2.45) is 12.8 Å². The standard InChI is InChI=1S/C14H17N3O2/c1-17-9-8-16-14(17)11-5-3-2-4-10(11)12(15)6-7-13(18)19/h2-5,8-9,12H,6-7,15H2,1H3,(H,18,19). The Morgan fingerprint density at radius 2 is 2.21 bits per heavy atom. The Hall–Kier alpha value is -2.14. The van der Waals surface area contributed by atoms with Gasteiger partial charge in [0.1, 0.15) is 5.82 Å². The highest BCUT2D eigenvalue weighted by Crippen LogP contribution is 2.27. The van der Waals surface area contributed by atoms with Gasteiger partial charge in [-0.05, 0) is 12.0 Å². The van der Waals surface area contributed by atoms with E-state index in [0.717, 1.165) is 17.0 Å². The van der Waals surface area contributed by atoms with Gasteiger partial charge in [-0.3, -0.25) is 4.79 Å². The molecular formula is C14H17N3O2. The fraction of sp³-hybridized carbons (Fsp3) is 0.286. The van der Waals surface area contributed by atoms with Gasteiger partial charge in [-0.1, -0.05) is 24.3 Å². The number of carbonyl (C=O) groups is 1. The average Bonchev–Trinajstić information content (AvgIpc) is 2.82. The number of hydrogen-bond acceptors (Lipinski definition) is 3. The van der Waals surface area contributed by atoms with E-state index < -0.39 is 5.97 Å². The Labute approximate surface area is 111 Å². The van der Waals surface area contributed by atoms with Gasteiger partial charge in [0.2, 0.25) is 0 Å². The van der Waals surface area contributed by atoms with Crippen LogP contribution in [0.15, 0.2) is 36.7 Å². The van der Waals surface area contributed by atoms with Crippen LogP contribution in [0.2, 0.25) is 0 Å². The monoisotopic (exact) mass is 259 g/mol. The van der Waals surface area contributed by atoms with Gasteiger partial charge in [0, 0.05) is 37.5 Å². The molecule has 0 saturated carbocycles. The average molecular weight is 259 g/mol. The molecule has 0 aliphatic carbocycles. The van der Waals surface area contributed by atoms with Crippen LogP contribution in [0.5, 0.6) is 0 Å². The van der Waals surface area contributed by atoms with E-state index in [0.29, 0.717) is 6.42 Å². The number of hydrogen-bond donors (Lipinski definition) is 2. The van der Waals surface area contributed by atoms with Gasteiger partial charge in [0.15, 0.2) is 0 Å². The SMILES string of the molecule is Cn1ccnc1-c1ccccc1C(N)CCC(=O)O. The van der Waals surface area contributed by atoms with Gasteiger partial charge in [-0.25, -0.2) is 4.98 Å². The number of imidazole rings is 1. The predicted octanol–water partition coefficient (Wildman–Crippen LogP) is 1.95. The zero-order valence-corrected chi connectivity index (χ0v) is 10.8. The van der Waals surface area contributed by atoms with Crippen LogP contribution in [0.25, 0.3) is 11.4 Å². The smallest absolute Gasteiger partial charge is 0.303 e. The molecule has 5 heteroatoms. The van der Waals surface area contributed by atoms with E-state index in [1.807, 2.05) is 42.1 Å². The minimum atomic E-state index is -0.829. The number of nitrogens with two attached hydrogens (primary N) is 1. The van der Waals surface area contributed by atoms with Gasteiger partial charge in [-0.2, -0.15) is 0 Å². The molecule has 0 aliphatic heterocycles. The number of rotatable bonds is 5. The Morgan fingerprint density at radius 1 is 1.47 bits per heavy atom. The highest BCUT2D eigenvalue weighted by atomic mass is 16.4. The number of carboxylic acids is 1. The highest BCUT2D eigenvalue weighted by Gasteiger charge is 2.15. The van der Waals surface area contributed by atoms with E-state index in [-0.39, 0.29) is 12.5 Å². The molecule has 0 bridgehead atoms. The number of aliphatic carboxylic acids is 1. The molecule has 1 heterocycles. The number of carboxylic acid groups (broad SMARTS) is 1. The van der Waals surface area contributed by atoms with Crippen LogP contribution >= 0.6 is 0 Å². The van der Waals surface area contributed by atoms with Gasteiger partial charge < -0.3 is 15.4 Å². The van der Waals surface area contributed by atoms with E-state index in [2.05, 4.69) is 4.98 Å². The van der Waals surface area contributed by atoms with Gasteiger partial charge in [0.25, 0.3) is 0 Å². The maximum Gasteiger partial charge on any atom is 0.303 e. The number of aryl methyl sites for hydroxylation is 1. The third kappa shape index (κ3) is 3.00. The molecule has 0 amide bonds. The van der Waals surface area contributed by atoms with E-state index in [1.54, 1.807) is 6.20 Å². The van der Waals surface area contributed by atoms with Crippen LogP contribution in [-0.4, -0.2) is 20.6 Å². The maximum atomic E-state index is 10.6. The van der Waals surface area contributed by atoms with Crippen molar-refractivity contribution in [3.8, 4) is 11.4 Å². The predicted molar refractivity (Wildman–Crippen MR) is 72.4 cm³/mol. The van der Waals surface area contributed by atoms with Crippen molar-refractivity contribution in [3.05, 3.63) is 42.2 Å². The first-order chi connectivity index (χ1) is 9.09. The van der Waals surface area contributed by atoms with Crippen molar-refractivity contribution >= 4 is 5.97 Å². The summed E-state index contributed by atoms with van der Waals surface area (Å²) < 4.78 is 1.92. The second-order valence-corrected chi connectivity index (χ2v) is 4.49. The number of nitrogens with zero attached hydrogens (tertiary/aromatic N) is 2. The van der Waals surface area contributed by atoms with Crippen LogP contribution in [0.1, 0.15) is 24.4 Å². The molecule has 2 rings (SSSR count). The molecule has 0 aliphatic rings. The molecule has 1 unspecified atom stereocenters. The zero-order chi connectivity index (χ0) is 13.8. The second kappa shape index (κ2) is 5.67. The Kier molecular flexibility index (Phi) is 3.97. The quantitative estimate of drug-likeness (QED) is 0.860. The topological polar surface area (TPSA) is 81.1 Å². The maximum absolute atomic E-state index is 10.6. The molecule has 0 fully saturated rings. The van der Waals surface area contributed by atoms with Crippen LogP contribution in [0.3, 0.4) is 0 Å². The van der Waals surface area contributed by atoms with Crippen molar-refractivity contribution in [1.29, 1.82) is 0 Å². The lowest BCUT2D eigenvalue weighted by Crippen LogP contribution is -2.14. The third-order valence-corrected chi connectivity index (χ3v) is 3.09. The van der Waals surface area contributed by atoms with E-state index >= 15 is 0 Å². The molecular weight excluding hydrogens is 242 g/mol. The molecule has 0 spiro atoms. The van der Waals surface area contributed by atoms with E-state index in [9.17, 15) is 4.79 Å². The minimum absolute atomic E-state index is 0.0655. The van der Waals surface area contributed by atoms with Crippen molar-refractivity contribution in [2.75, 3.05) is 0 Å². The Balaban J connectivity index is 2.31. The van der Waals surface area contributed by atoms with E-state index in [1.165, 1.54) is 0 Å². The molecule has 1 aromatic heterocycles.